The van der Waals surface area contributed by atoms with E-state index in [0.29, 0.717) is 17.0 Å². The van der Waals surface area contributed by atoms with Gasteiger partial charge in [0, 0.05) is 11.1 Å². The van der Waals surface area contributed by atoms with Gasteiger partial charge in [-0.2, -0.15) is 0 Å². The summed E-state index contributed by atoms with van der Waals surface area (Å²) in [4.78, 5) is 0. The largest absolute Gasteiger partial charge is 0.313 e. The minimum Gasteiger partial charge on any atom is -0.313 e. The van der Waals surface area contributed by atoms with Gasteiger partial charge >= 0.3 is 0 Å². The van der Waals surface area contributed by atoms with Crippen LogP contribution >= 0.6 is 11.6 Å². The minimum absolute atomic E-state index is 0.0893. The summed E-state index contributed by atoms with van der Waals surface area (Å²) in [5.74, 6) is -0.570. The fraction of sp³-hybridized carbons (Fsp3) is 0.200. The van der Waals surface area contributed by atoms with Crippen LogP contribution in [0.5, 0.6) is 0 Å². The van der Waals surface area contributed by atoms with E-state index in [1.807, 2.05) is 0 Å². The van der Waals surface area contributed by atoms with Crippen molar-refractivity contribution >= 4 is 11.6 Å². The van der Waals surface area contributed by atoms with Gasteiger partial charge in [0.2, 0.25) is 0 Å². The quantitative estimate of drug-likeness (QED) is 0.889. The molecule has 0 aliphatic heterocycles. The van der Waals surface area contributed by atoms with Gasteiger partial charge in [0.15, 0.2) is 0 Å². The second-order valence-corrected chi connectivity index (χ2v) is 4.77. The average molecular weight is 282 g/mol. The average Bonchev–Trinajstić information content (AvgIpc) is 2.41. The van der Waals surface area contributed by atoms with Crippen LogP contribution in [0.1, 0.15) is 17.2 Å². The third-order valence-electron chi connectivity index (χ3n) is 3.05. The summed E-state index contributed by atoms with van der Waals surface area (Å²) in [6, 6.07) is 10.6. The van der Waals surface area contributed by atoms with E-state index in [-0.39, 0.29) is 17.7 Å². The summed E-state index contributed by atoms with van der Waals surface area (Å²) in [5.41, 5.74) is 1.44. The predicted molar refractivity (Wildman–Crippen MR) is 73.3 cm³/mol. The van der Waals surface area contributed by atoms with Gasteiger partial charge in [-0.05, 0) is 54.9 Å². The van der Waals surface area contributed by atoms with Crippen LogP contribution in [0.25, 0.3) is 0 Å². The number of nitrogens with one attached hydrogen (secondary N) is 1. The van der Waals surface area contributed by atoms with E-state index >= 15 is 0 Å². The van der Waals surface area contributed by atoms with Gasteiger partial charge in [-0.1, -0.05) is 23.7 Å². The molecule has 1 N–H and O–H groups in total. The van der Waals surface area contributed by atoms with Gasteiger partial charge < -0.3 is 5.32 Å². The molecule has 0 radical (unpaired) electrons. The van der Waals surface area contributed by atoms with E-state index in [1.54, 1.807) is 25.2 Å². The molecule has 2 aromatic carbocycles. The Hall–Kier alpha value is -1.45. The zero-order valence-electron chi connectivity index (χ0n) is 10.5. The van der Waals surface area contributed by atoms with Crippen molar-refractivity contribution in [2.45, 2.75) is 12.5 Å². The van der Waals surface area contributed by atoms with Crippen LogP contribution in [0.3, 0.4) is 0 Å². The van der Waals surface area contributed by atoms with Gasteiger partial charge in [0.1, 0.15) is 11.6 Å². The molecule has 0 amide bonds. The summed E-state index contributed by atoms with van der Waals surface area (Å²) < 4.78 is 26.6. The predicted octanol–water partition coefficient (Wildman–Crippen LogP) is 4.12. The molecule has 19 heavy (non-hydrogen) atoms. The molecule has 4 heteroatoms. The van der Waals surface area contributed by atoms with Crippen molar-refractivity contribution < 1.29 is 8.78 Å². The van der Waals surface area contributed by atoms with E-state index in [9.17, 15) is 8.78 Å². The molecule has 1 atom stereocenters. The Morgan fingerprint density at radius 1 is 1.11 bits per heavy atom. The smallest absolute Gasteiger partial charge is 0.126 e. The SMILES string of the molecule is CNC(Cc1cc(Cl)ccc1F)c1ccc(F)cc1. The highest BCUT2D eigenvalue weighted by molar-refractivity contribution is 6.30. The number of rotatable bonds is 4. The lowest BCUT2D eigenvalue weighted by Gasteiger charge is -2.17. The Kier molecular flexibility index (Phi) is 4.51. The van der Waals surface area contributed by atoms with Crippen molar-refractivity contribution in [1.29, 1.82) is 0 Å². The number of benzene rings is 2. The maximum Gasteiger partial charge on any atom is 0.126 e. The number of hydrogen-bond acceptors (Lipinski definition) is 1. The van der Waals surface area contributed by atoms with Gasteiger partial charge in [0.25, 0.3) is 0 Å². The molecule has 1 unspecified atom stereocenters. The number of hydrogen-bond donors (Lipinski definition) is 1. The fourth-order valence-electron chi connectivity index (χ4n) is 2.00. The summed E-state index contributed by atoms with van der Waals surface area (Å²) in [6.45, 7) is 0. The molecule has 0 bridgehead atoms. The molecule has 100 valence electrons. The van der Waals surface area contributed by atoms with Gasteiger partial charge in [-0.3, -0.25) is 0 Å². The third-order valence-corrected chi connectivity index (χ3v) is 3.29. The Balaban J connectivity index is 2.23. The van der Waals surface area contributed by atoms with Gasteiger partial charge in [-0.25, -0.2) is 8.78 Å². The molecule has 0 aliphatic rings. The molecule has 0 heterocycles. The van der Waals surface area contributed by atoms with Crippen molar-refractivity contribution in [1.82, 2.24) is 5.32 Å². The third kappa shape index (κ3) is 3.52. The first-order chi connectivity index (χ1) is 9.10. The number of likely N-dealkylation sites (N-methyl/N-ethyl adjacent to an activating group) is 1. The van der Waals surface area contributed by atoms with Crippen LogP contribution in [0, 0.1) is 11.6 Å². The molecular weight excluding hydrogens is 268 g/mol. The van der Waals surface area contributed by atoms with Crippen LogP contribution < -0.4 is 5.32 Å². The fourth-order valence-corrected chi connectivity index (χ4v) is 2.20. The lowest BCUT2D eigenvalue weighted by Crippen LogP contribution is -2.19. The molecule has 0 aliphatic carbocycles. The zero-order chi connectivity index (χ0) is 13.8. The maximum atomic E-state index is 13.7. The minimum atomic E-state index is -0.285. The lowest BCUT2D eigenvalue weighted by molar-refractivity contribution is 0.552. The van der Waals surface area contributed by atoms with E-state index in [0.717, 1.165) is 5.56 Å². The standard InChI is InChI=1S/C15H14ClF2N/c1-19-15(10-2-5-13(17)6-3-10)9-11-8-12(16)4-7-14(11)18/h2-8,15,19H,9H2,1H3. The molecular formula is C15H14ClF2N. The maximum absolute atomic E-state index is 13.7. The van der Waals surface area contributed by atoms with Crippen molar-refractivity contribution in [2.75, 3.05) is 7.05 Å². The first-order valence-corrected chi connectivity index (χ1v) is 6.34. The molecule has 0 aromatic heterocycles. The highest BCUT2D eigenvalue weighted by atomic mass is 35.5. The lowest BCUT2D eigenvalue weighted by atomic mass is 9.98. The van der Waals surface area contributed by atoms with Crippen molar-refractivity contribution in [3.8, 4) is 0 Å². The molecule has 0 saturated heterocycles. The van der Waals surface area contributed by atoms with Crippen LogP contribution in [0.2, 0.25) is 5.02 Å². The molecule has 2 aromatic rings. The molecule has 0 spiro atoms. The zero-order valence-corrected chi connectivity index (χ0v) is 11.2. The Morgan fingerprint density at radius 3 is 2.42 bits per heavy atom. The highest BCUT2D eigenvalue weighted by Crippen LogP contribution is 2.22. The van der Waals surface area contributed by atoms with Crippen molar-refractivity contribution in [3.05, 3.63) is 70.2 Å². The molecule has 0 fully saturated rings. The topological polar surface area (TPSA) is 12.0 Å². The van der Waals surface area contributed by atoms with E-state index in [2.05, 4.69) is 5.32 Å². The summed E-state index contributed by atoms with van der Waals surface area (Å²) in [6.07, 6.45) is 0.453. The molecule has 1 nitrogen and oxygen atoms in total. The second kappa shape index (κ2) is 6.13. The van der Waals surface area contributed by atoms with Crippen LogP contribution in [0.4, 0.5) is 8.78 Å². The number of halogens is 3. The van der Waals surface area contributed by atoms with Crippen molar-refractivity contribution in [3.63, 3.8) is 0 Å². The van der Waals surface area contributed by atoms with Crippen molar-refractivity contribution in [2.24, 2.45) is 0 Å². The van der Waals surface area contributed by atoms with E-state index in [4.69, 9.17) is 11.6 Å². The normalized spacial score (nSPS) is 12.4. The second-order valence-electron chi connectivity index (χ2n) is 4.33. The molecule has 2 rings (SSSR count). The first kappa shape index (κ1) is 14.0. The van der Waals surface area contributed by atoms with Crippen LogP contribution in [-0.2, 0) is 6.42 Å². The Morgan fingerprint density at radius 2 is 1.79 bits per heavy atom. The molecule has 0 saturated carbocycles. The summed E-state index contributed by atoms with van der Waals surface area (Å²) >= 11 is 5.87. The van der Waals surface area contributed by atoms with Crippen LogP contribution in [0.15, 0.2) is 42.5 Å². The Labute approximate surface area is 116 Å². The van der Waals surface area contributed by atoms with E-state index in [1.165, 1.54) is 24.3 Å². The monoisotopic (exact) mass is 281 g/mol. The highest BCUT2D eigenvalue weighted by Gasteiger charge is 2.13. The summed E-state index contributed by atoms with van der Waals surface area (Å²) in [5, 5.41) is 3.61. The summed E-state index contributed by atoms with van der Waals surface area (Å²) in [7, 11) is 1.79. The van der Waals surface area contributed by atoms with Crippen LogP contribution in [-0.4, -0.2) is 7.05 Å². The Bertz CT molecular complexity index is 555. The van der Waals surface area contributed by atoms with E-state index < -0.39 is 0 Å². The van der Waals surface area contributed by atoms with Gasteiger partial charge in [-0.15, -0.1) is 0 Å². The van der Waals surface area contributed by atoms with Gasteiger partial charge in [0.05, 0.1) is 0 Å². The first-order valence-electron chi connectivity index (χ1n) is 5.97.